The number of carbonyl (C=O) groups is 1. The molecule has 0 saturated heterocycles. The van der Waals surface area contributed by atoms with E-state index in [4.69, 9.17) is 5.11 Å². The molecular weight excluding hydrogens is 298 g/mol. The first-order chi connectivity index (χ1) is 7.30. The van der Waals surface area contributed by atoms with Crippen molar-refractivity contribution in [1.29, 1.82) is 0 Å². The SMILES string of the molecule is Cc1cc(NS(=O)(=O)CC(=O)O)ccc1Br. The third kappa shape index (κ3) is 3.82. The molecule has 0 radical (unpaired) electrons. The van der Waals surface area contributed by atoms with Gasteiger partial charge in [0.05, 0.1) is 0 Å². The molecule has 0 aliphatic heterocycles. The first kappa shape index (κ1) is 13.0. The fourth-order valence-electron chi connectivity index (χ4n) is 1.09. The Balaban J connectivity index is 2.88. The van der Waals surface area contributed by atoms with Crippen LogP contribution in [0.3, 0.4) is 0 Å². The van der Waals surface area contributed by atoms with Gasteiger partial charge in [0, 0.05) is 10.2 Å². The molecule has 1 rings (SSSR count). The second kappa shape index (κ2) is 4.84. The fraction of sp³-hybridized carbons (Fsp3) is 0.222. The van der Waals surface area contributed by atoms with Gasteiger partial charge in [0.2, 0.25) is 10.0 Å². The van der Waals surface area contributed by atoms with Crippen molar-refractivity contribution in [2.45, 2.75) is 6.92 Å². The minimum atomic E-state index is -3.83. The molecule has 88 valence electrons. The van der Waals surface area contributed by atoms with Crippen molar-refractivity contribution in [1.82, 2.24) is 0 Å². The monoisotopic (exact) mass is 307 g/mol. The molecule has 0 aromatic heterocycles. The Morgan fingerprint density at radius 3 is 2.62 bits per heavy atom. The lowest BCUT2D eigenvalue weighted by Crippen LogP contribution is -2.22. The zero-order valence-corrected chi connectivity index (χ0v) is 10.8. The Morgan fingerprint density at radius 1 is 1.50 bits per heavy atom. The molecule has 0 heterocycles. The minimum Gasteiger partial charge on any atom is -0.480 e. The predicted molar refractivity (Wildman–Crippen MR) is 63.9 cm³/mol. The predicted octanol–water partition coefficient (Wildman–Crippen LogP) is 1.58. The molecule has 0 aliphatic rings. The summed E-state index contributed by atoms with van der Waals surface area (Å²) in [7, 11) is -3.83. The van der Waals surface area contributed by atoms with E-state index in [1.807, 2.05) is 0 Å². The number of anilines is 1. The van der Waals surface area contributed by atoms with E-state index in [1.54, 1.807) is 25.1 Å². The molecule has 0 fully saturated rings. The highest BCUT2D eigenvalue weighted by molar-refractivity contribution is 9.10. The Morgan fingerprint density at radius 2 is 2.12 bits per heavy atom. The summed E-state index contributed by atoms with van der Waals surface area (Å²) in [5, 5.41) is 8.40. The first-order valence-electron chi connectivity index (χ1n) is 4.28. The van der Waals surface area contributed by atoms with Gasteiger partial charge in [0.25, 0.3) is 0 Å². The minimum absolute atomic E-state index is 0.349. The molecule has 1 aromatic rings. The molecule has 5 nitrogen and oxygen atoms in total. The summed E-state index contributed by atoms with van der Waals surface area (Å²) in [6.07, 6.45) is 0. The van der Waals surface area contributed by atoms with Crippen LogP contribution in [-0.2, 0) is 14.8 Å². The number of sulfonamides is 1. The van der Waals surface area contributed by atoms with Crippen LogP contribution in [0.15, 0.2) is 22.7 Å². The summed E-state index contributed by atoms with van der Waals surface area (Å²) >= 11 is 3.28. The molecule has 0 unspecified atom stereocenters. The highest BCUT2D eigenvalue weighted by atomic mass is 79.9. The third-order valence-electron chi connectivity index (χ3n) is 1.74. The molecule has 0 bridgehead atoms. The second-order valence-electron chi connectivity index (χ2n) is 3.22. The largest absolute Gasteiger partial charge is 0.480 e. The first-order valence-corrected chi connectivity index (χ1v) is 6.73. The van der Waals surface area contributed by atoms with Gasteiger partial charge < -0.3 is 5.11 Å². The van der Waals surface area contributed by atoms with Crippen LogP contribution < -0.4 is 4.72 Å². The van der Waals surface area contributed by atoms with E-state index >= 15 is 0 Å². The molecule has 1 aromatic carbocycles. The Bertz CT molecular complexity index is 512. The molecule has 0 aliphatic carbocycles. The average molecular weight is 308 g/mol. The number of aliphatic carboxylic acids is 1. The standard InChI is InChI=1S/C9H10BrNO4S/c1-6-4-7(2-3-8(6)10)11-16(14,15)5-9(12)13/h2-4,11H,5H2,1H3,(H,12,13). The zero-order valence-electron chi connectivity index (χ0n) is 8.40. The summed E-state index contributed by atoms with van der Waals surface area (Å²) in [6, 6.07) is 4.86. The Hall–Kier alpha value is -1.08. The number of hydrogen-bond donors (Lipinski definition) is 2. The zero-order chi connectivity index (χ0) is 12.3. The van der Waals surface area contributed by atoms with Gasteiger partial charge in [-0.15, -0.1) is 0 Å². The highest BCUT2D eigenvalue weighted by Crippen LogP contribution is 2.20. The smallest absolute Gasteiger partial charge is 0.320 e. The van der Waals surface area contributed by atoms with Crippen molar-refractivity contribution in [3.05, 3.63) is 28.2 Å². The van der Waals surface area contributed by atoms with Crippen molar-refractivity contribution in [3.8, 4) is 0 Å². The third-order valence-corrected chi connectivity index (χ3v) is 3.81. The van der Waals surface area contributed by atoms with Gasteiger partial charge >= 0.3 is 5.97 Å². The lowest BCUT2D eigenvalue weighted by Gasteiger charge is -2.07. The number of aryl methyl sites for hydroxylation is 1. The van der Waals surface area contributed by atoms with Crippen LogP contribution in [0.1, 0.15) is 5.56 Å². The Labute approximate surface area is 102 Å². The maximum Gasteiger partial charge on any atom is 0.320 e. The van der Waals surface area contributed by atoms with Gasteiger partial charge in [-0.05, 0) is 30.7 Å². The number of rotatable bonds is 4. The molecule has 16 heavy (non-hydrogen) atoms. The van der Waals surface area contributed by atoms with Crippen molar-refractivity contribution < 1.29 is 18.3 Å². The van der Waals surface area contributed by atoms with Crippen LogP contribution in [0.25, 0.3) is 0 Å². The molecular formula is C9H10BrNO4S. The van der Waals surface area contributed by atoms with Gasteiger partial charge in [-0.1, -0.05) is 15.9 Å². The van der Waals surface area contributed by atoms with Gasteiger partial charge in [0.1, 0.15) is 0 Å². The quantitative estimate of drug-likeness (QED) is 0.884. The summed E-state index contributed by atoms with van der Waals surface area (Å²) in [5.74, 6) is -2.33. The van der Waals surface area contributed by atoms with Crippen molar-refractivity contribution >= 4 is 37.6 Å². The number of nitrogens with one attached hydrogen (secondary N) is 1. The van der Waals surface area contributed by atoms with E-state index in [-0.39, 0.29) is 0 Å². The summed E-state index contributed by atoms with van der Waals surface area (Å²) in [5.41, 5.74) is 1.21. The van der Waals surface area contributed by atoms with Gasteiger partial charge in [-0.25, -0.2) is 8.42 Å². The highest BCUT2D eigenvalue weighted by Gasteiger charge is 2.15. The van der Waals surface area contributed by atoms with Crippen LogP contribution in [-0.4, -0.2) is 25.2 Å². The van der Waals surface area contributed by atoms with Crippen LogP contribution in [0, 0.1) is 6.92 Å². The van der Waals surface area contributed by atoms with Crippen LogP contribution >= 0.6 is 15.9 Å². The van der Waals surface area contributed by atoms with Gasteiger partial charge in [-0.2, -0.15) is 0 Å². The van der Waals surface area contributed by atoms with Crippen molar-refractivity contribution in [2.75, 3.05) is 10.5 Å². The van der Waals surface area contributed by atoms with E-state index in [1.165, 1.54) is 0 Å². The second-order valence-corrected chi connectivity index (χ2v) is 5.80. The van der Waals surface area contributed by atoms with Gasteiger partial charge in [-0.3, -0.25) is 9.52 Å². The topological polar surface area (TPSA) is 83.5 Å². The number of carboxylic acid groups (broad SMARTS) is 1. The van der Waals surface area contributed by atoms with Crippen molar-refractivity contribution in [3.63, 3.8) is 0 Å². The fourth-order valence-corrected chi connectivity index (χ4v) is 2.22. The normalized spacial score (nSPS) is 11.1. The molecule has 0 spiro atoms. The molecule has 0 amide bonds. The van der Waals surface area contributed by atoms with E-state index in [0.29, 0.717) is 5.69 Å². The van der Waals surface area contributed by atoms with E-state index in [9.17, 15) is 13.2 Å². The maximum atomic E-state index is 11.3. The maximum absolute atomic E-state index is 11.3. The molecule has 2 N–H and O–H groups in total. The van der Waals surface area contributed by atoms with Crippen molar-refractivity contribution in [2.24, 2.45) is 0 Å². The average Bonchev–Trinajstić information content (AvgIpc) is 2.08. The number of hydrogen-bond acceptors (Lipinski definition) is 3. The summed E-state index contributed by atoms with van der Waals surface area (Å²) in [6.45, 7) is 1.80. The lowest BCUT2D eigenvalue weighted by molar-refractivity contribution is -0.134. The number of halogens is 1. The number of benzene rings is 1. The van der Waals surface area contributed by atoms with Crippen LogP contribution in [0.4, 0.5) is 5.69 Å². The lowest BCUT2D eigenvalue weighted by atomic mass is 10.2. The molecule has 0 atom stereocenters. The number of carboxylic acids is 1. The summed E-state index contributed by atoms with van der Waals surface area (Å²) in [4.78, 5) is 10.3. The molecule has 7 heteroatoms. The van der Waals surface area contributed by atoms with Gasteiger partial charge in [0.15, 0.2) is 5.75 Å². The summed E-state index contributed by atoms with van der Waals surface area (Å²) < 4.78 is 25.6. The van der Waals surface area contributed by atoms with E-state index in [0.717, 1.165) is 10.0 Å². The Kier molecular flexibility index (Phi) is 3.93. The van der Waals surface area contributed by atoms with Crippen LogP contribution in [0.5, 0.6) is 0 Å². The van der Waals surface area contributed by atoms with E-state index in [2.05, 4.69) is 20.7 Å². The molecule has 0 saturated carbocycles. The van der Waals surface area contributed by atoms with Crippen LogP contribution in [0.2, 0.25) is 0 Å². The van der Waals surface area contributed by atoms with E-state index < -0.39 is 21.7 Å².